The van der Waals surface area contributed by atoms with Crippen molar-refractivity contribution in [1.29, 1.82) is 0 Å². The van der Waals surface area contributed by atoms with Gasteiger partial charge in [0.05, 0.1) is 36.5 Å². The molecular weight excluding hydrogens is 804 g/mol. The first-order chi connectivity index (χ1) is 27.0. The average Bonchev–Trinajstić information content (AvgIpc) is 3.61. The van der Waals surface area contributed by atoms with Gasteiger partial charge in [-0.2, -0.15) is 0 Å². The fourth-order valence-electron chi connectivity index (χ4n) is 7.89. The summed E-state index contributed by atoms with van der Waals surface area (Å²) in [6, 6.07) is 3.28. The van der Waals surface area contributed by atoms with Crippen molar-refractivity contribution in [2.75, 3.05) is 12.4 Å². The van der Waals surface area contributed by atoms with Crippen molar-refractivity contribution in [3.63, 3.8) is 0 Å². The van der Waals surface area contributed by atoms with Crippen molar-refractivity contribution in [2.24, 2.45) is 17.8 Å². The monoisotopic (exact) mass is 846 g/mol. The van der Waals surface area contributed by atoms with Crippen LogP contribution in [0.2, 0.25) is 0 Å². The molecule has 1 saturated heterocycles. The summed E-state index contributed by atoms with van der Waals surface area (Å²) < 4.78 is 36.8. The van der Waals surface area contributed by atoms with Gasteiger partial charge in [-0.15, -0.1) is 0 Å². The predicted octanol–water partition coefficient (Wildman–Crippen LogP) is 6.87. The largest absolute Gasteiger partial charge is 0.507 e. The molecule has 2 aromatic carbocycles. The number of anilines is 1. The number of esters is 1. The highest BCUT2D eigenvalue weighted by Gasteiger charge is 2.51. The Hall–Kier alpha value is -5.25. The highest BCUT2D eigenvalue weighted by Crippen LogP contribution is 2.51. The molecule has 300 valence electrons. The van der Waals surface area contributed by atoms with Crippen LogP contribution in [0.15, 0.2) is 62.0 Å². The second kappa shape index (κ2) is 14.9. The highest BCUT2D eigenvalue weighted by molar-refractivity contribution is 9.10. The molecule has 0 aromatic heterocycles. The van der Waals surface area contributed by atoms with E-state index in [0.717, 1.165) is 0 Å². The van der Waals surface area contributed by atoms with Crippen molar-refractivity contribution in [2.45, 2.75) is 85.1 Å². The minimum Gasteiger partial charge on any atom is -0.507 e. The molecule has 0 radical (unpaired) electrons. The second-order valence-electron chi connectivity index (χ2n) is 15.1. The van der Waals surface area contributed by atoms with Crippen molar-refractivity contribution in [3.05, 3.63) is 74.1 Å². The number of amides is 1. The Morgan fingerprint density at radius 2 is 1.84 bits per heavy atom. The number of carbonyl (C=O) groups is 3. The number of aliphatic hydroxyl groups is 1. The lowest BCUT2D eigenvalue weighted by molar-refractivity contribution is -0.163. The average molecular weight is 848 g/mol. The first-order valence-electron chi connectivity index (χ1n) is 18.5. The van der Waals surface area contributed by atoms with E-state index in [1.165, 1.54) is 34.1 Å². The normalized spacial score (nSPS) is 29.9. The highest BCUT2D eigenvalue weighted by atomic mass is 79.9. The molecule has 3 N–H and O–H groups in total. The molecule has 1 aliphatic carbocycles. The van der Waals surface area contributed by atoms with Gasteiger partial charge in [0.2, 0.25) is 5.43 Å². The van der Waals surface area contributed by atoms with E-state index in [2.05, 4.69) is 21.2 Å². The van der Waals surface area contributed by atoms with Crippen molar-refractivity contribution < 1.29 is 52.7 Å². The number of ether oxygens (including phenoxy) is 5. The maximum Gasteiger partial charge on any atom is 0.312 e. The lowest BCUT2D eigenvalue weighted by Crippen LogP contribution is -2.43. The van der Waals surface area contributed by atoms with Crippen LogP contribution >= 0.6 is 15.9 Å². The SMILES string of the molecule is COc1cc(Br)cc2oc3c4c(=O)c5c(O)c(C)c6c(c5c-3nc12)C(=O)[C@@](C)(O/C=C/C[C@@H](C)[C@@H](OC(C)=O)[C@@H]1O[C@H]([C@@H](C)[C@H]1O)[C@@H](C)/C=C/C=C(/C)C(=O)N4)O6. The van der Waals surface area contributed by atoms with Crippen LogP contribution in [0, 0.1) is 24.7 Å². The van der Waals surface area contributed by atoms with Gasteiger partial charge in [0.1, 0.15) is 46.4 Å². The maximum atomic E-state index is 14.6. The summed E-state index contributed by atoms with van der Waals surface area (Å²) in [5.41, 5.74) is -0.518. The fraction of sp³-hybridized carbons (Fsp3) is 0.405. The number of hydrogen-bond acceptors (Lipinski definition) is 13. The lowest BCUT2D eigenvalue weighted by atomic mass is 9.87. The van der Waals surface area contributed by atoms with Crippen LogP contribution in [0.25, 0.3) is 33.3 Å². The van der Waals surface area contributed by atoms with Crippen LogP contribution in [0.4, 0.5) is 5.69 Å². The standard InChI is InChI=1S/C42H43BrN2O12/c1-17-11-9-12-19(3)41(51)45-31-34(49)27-26(30-38(31)55-25-16-23(43)15-24(52-8)29(25)44-30)28-37(20(4)32(27)47)57-42(7,40(28)50)53-14-10-13-18(2)36(54-22(6)46)39-33(48)21(5)35(17)56-39/h9-12,14-18,21,33,35-36,39,47-48H,13H2,1-8H3,(H,45,51)/b11-9+,14-10+,19-12-/t17-,18+,21-,33+,35-,36+,39+,42-/m0/s1. The molecule has 1 amide bonds. The van der Waals surface area contributed by atoms with E-state index < -0.39 is 59.0 Å². The molecule has 15 heteroatoms. The van der Waals surface area contributed by atoms with E-state index >= 15 is 0 Å². The minimum absolute atomic E-state index is 0.0262. The Bertz CT molecular complexity index is 2470. The van der Waals surface area contributed by atoms with E-state index in [0.29, 0.717) is 10.2 Å². The van der Waals surface area contributed by atoms with E-state index in [9.17, 15) is 29.4 Å². The van der Waals surface area contributed by atoms with Gasteiger partial charge in [-0.3, -0.25) is 19.2 Å². The molecule has 2 aromatic rings. The number of aliphatic hydroxyl groups excluding tert-OH is 1. The first kappa shape index (κ1) is 40.0. The summed E-state index contributed by atoms with van der Waals surface area (Å²) in [5, 5.41) is 25.3. The van der Waals surface area contributed by atoms with Crippen molar-refractivity contribution in [3.8, 4) is 28.7 Å². The van der Waals surface area contributed by atoms with Crippen LogP contribution in [0.1, 0.15) is 63.9 Å². The number of aromatic hydroxyl groups is 1. The molecule has 7 bridgehead atoms. The topological polar surface area (TPSA) is 193 Å². The number of Topliss-reactive ketones (excluding diaryl/α,β-unsaturated/α-hetero) is 1. The molecule has 0 saturated carbocycles. The Labute approximate surface area is 335 Å². The van der Waals surface area contributed by atoms with E-state index in [4.69, 9.17) is 33.1 Å². The molecule has 1 fully saturated rings. The number of allylic oxidation sites excluding steroid dienone is 3. The van der Waals surface area contributed by atoms with Gasteiger partial charge >= 0.3 is 11.8 Å². The number of phenolic OH excluding ortho intramolecular Hbond substituents is 1. The number of benzene rings is 3. The molecule has 6 aliphatic rings. The van der Waals surface area contributed by atoms with Gasteiger partial charge in [0.15, 0.2) is 11.3 Å². The molecule has 5 heterocycles. The van der Waals surface area contributed by atoms with Crippen molar-refractivity contribution >= 4 is 61.1 Å². The Balaban J connectivity index is 1.45. The summed E-state index contributed by atoms with van der Waals surface area (Å²) in [7, 11) is 1.45. The Morgan fingerprint density at radius 3 is 2.54 bits per heavy atom. The van der Waals surface area contributed by atoms with Gasteiger partial charge in [-0.05, 0) is 44.4 Å². The summed E-state index contributed by atoms with van der Waals surface area (Å²) in [6.45, 7) is 11.4. The third kappa shape index (κ3) is 6.74. The first-order valence-corrected chi connectivity index (χ1v) is 19.3. The van der Waals surface area contributed by atoms with Gasteiger partial charge in [-0.1, -0.05) is 54.9 Å². The van der Waals surface area contributed by atoms with E-state index in [-0.39, 0.29) is 85.6 Å². The van der Waals surface area contributed by atoms with Gasteiger partial charge in [0, 0.05) is 46.7 Å². The number of fused-ring (bicyclic) bond motifs is 9. The number of carbonyl (C=O) groups excluding carboxylic acids is 3. The molecule has 0 unspecified atom stereocenters. The molecule has 5 aliphatic heterocycles. The molecule has 8 rings (SSSR count). The van der Waals surface area contributed by atoms with Crippen LogP contribution in [0.5, 0.6) is 17.2 Å². The molecule has 8 atom stereocenters. The summed E-state index contributed by atoms with van der Waals surface area (Å²) in [6.07, 6.45) is 5.24. The van der Waals surface area contributed by atoms with Crippen molar-refractivity contribution in [1.82, 2.24) is 4.98 Å². The number of phenols is 1. The number of methoxy groups -OCH3 is 1. The maximum absolute atomic E-state index is 14.6. The molecule has 57 heavy (non-hydrogen) atoms. The molecule has 14 nitrogen and oxygen atoms in total. The second-order valence-corrected chi connectivity index (χ2v) is 16.0. The van der Waals surface area contributed by atoms with Crippen LogP contribution in [-0.4, -0.2) is 70.2 Å². The van der Waals surface area contributed by atoms with Crippen LogP contribution in [-0.2, 0) is 23.8 Å². The van der Waals surface area contributed by atoms with Gasteiger partial charge < -0.3 is 43.6 Å². The summed E-state index contributed by atoms with van der Waals surface area (Å²) in [5.74, 6) is -5.15. The third-order valence-corrected chi connectivity index (χ3v) is 11.5. The fourth-order valence-corrected chi connectivity index (χ4v) is 8.31. The Kier molecular flexibility index (Phi) is 10.5. The predicted molar refractivity (Wildman–Crippen MR) is 213 cm³/mol. The number of aromatic nitrogens is 1. The smallest absolute Gasteiger partial charge is 0.312 e. The minimum atomic E-state index is -1.96. The summed E-state index contributed by atoms with van der Waals surface area (Å²) >= 11 is 3.44. The Morgan fingerprint density at radius 1 is 1.11 bits per heavy atom. The van der Waals surface area contributed by atoms with Gasteiger partial charge in [-0.25, -0.2) is 4.98 Å². The quantitative estimate of drug-likeness (QED) is 0.108. The number of nitrogens with zero attached hydrogens (tertiary/aromatic N) is 1. The van der Waals surface area contributed by atoms with Crippen LogP contribution < -0.4 is 20.2 Å². The van der Waals surface area contributed by atoms with Crippen LogP contribution in [0.3, 0.4) is 0 Å². The lowest BCUT2D eigenvalue weighted by Gasteiger charge is -2.30. The number of hydrogen-bond donors (Lipinski definition) is 3. The number of rotatable bonds is 2. The summed E-state index contributed by atoms with van der Waals surface area (Å²) in [4.78, 5) is 60.0. The molecular formula is C42H43BrN2O12. The zero-order valence-corrected chi connectivity index (χ0v) is 34.2. The number of halogens is 1. The van der Waals surface area contributed by atoms with Gasteiger partial charge in [0.25, 0.3) is 11.7 Å². The third-order valence-electron chi connectivity index (χ3n) is 11.1. The van der Waals surface area contributed by atoms with E-state index in [1.54, 1.807) is 37.3 Å². The zero-order chi connectivity index (χ0) is 41.2. The number of nitrogens with one attached hydrogen (secondary N) is 1. The molecule has 0 spiro atoms. The number of ketones is 1. The van der Waals surface area contributed by atoms with E-state index in [1.807, 2.05) is 26.8 Å². The zero-order valence-electron chi connectivity index (χ0n) is 32.6.